The maximum atomic E-state index is 12.5. The van der Waals surface area contributed by atoms with Crippen LogP contribution in [0.5, 0.6) is 0 Å². The van der Waals surface area contributed by atoms with E-state index in [1.54, 1.807) is 0 Å². The summed E-state index contributed by atoms with van der Waals surface area (Å²) < 4.78 is 5.53. The van der Waals surface area contributed by atoms with Gasteiger partial charge in [0, 0.05) is 25.1 Å². The fraction of sp³-hybridized carbons (Fsp3) is 0.400. The lowest BCUT2D eigenvalue weighted by molar-refractivity contribution is -0.127. The minimum Gasteiger partial charge on any atom is -0.342 e. The van der Waals surface area contributed by atoms with Crippen LogP contribution >= 0.6 is 0 Å². The van der Waals surface area contributed by atoms with Crippen LogP contribution in [0.25, 0.3) is 11.4 Å². The van der Waals surface area contributed by atoms with E-state index in [4.69, 9.17) is 4.52 Å². The smallest absolute Gasteiger partial charge is 0.232 e. The number of hydrogen-bond acceptors (Lipinski definition) is 4. The van der Waals surface area contributed by atoms with Gasteiger partial charge in [-0.15, -0.1) is 0 Å². The number of aryl methyl sites for hydroxylation is 1. The lowest BCUT2D eigenvalue weighted by Crippen LogP contribution is -2.27. The van der Waals surface area contributed by atoms with Crippen molar-refractivity contribution < 1.29 is 9.32 Å². The SMILES string of the molecule is Cc1ccc(CCN2CC(c3nc(-c4ccc(C(C)(C)C)cc4)no3)CC2=O)cc1. The summed E-state index contributed by atoms with van der Waals surface area (Å²) in [7, 11) is 0. The molecule has 1 amide bonds. The highest BCUT2D eigenvalue weighted by Gasteiger charge is 2.34. The molecule has 2 heterocycles. The van der Waals surface area contributed by atoms with Gasteiger partial charge in [-0.25, -0.2) is 0 Å². The van der Waals surface area contributed by atoms with Crippen molar-refractivity contribution in [1.82, 2.24) is 15.0 Å². The van der Waals surface area contributed by atoms with Crippen molar-refractivity contribution in [3.63, 3.8) is 0 Å². The molecule has 1 aromatic heterocycles. The number of hydrogen-bond donors (Lipinski definition) is 0. The van der Waals surface area contributed by atoms with Crippen LogP contribution < -0.4 is 0 Å². The third kappa shape index (κ3) is 4.45. The molecule has 30 heavy (non-hydrogen) atoms. The molecule has 5 heteroatoms. The lowest BCUT2D eigenvalue weighted by atomic mass is 9.87. The molecule has 1 aliphatic rings. The number of nitrogens with zero attached hydrogens (tertiary/aromatic N) is 3. The van der Waals surface area contributed by atoms with Gasteiger partial charge in [0.05, 0.1) is 5.92 Å². The molecule has 0 bridgehead atoms. The molecule has 0 radical (unpaired) electrons. The number of aromatic nitrogens is 2. The number of amides is 1. The van der Waals surface area contributed by atoms with Crippen molar-refractivity contribution in [3.05, 3.63) is 71.1 Å². The maximum Gasteiger partial charge on any atom is 0.232 e. The Bertz CT molecular complexity index is 1010. The topological polar surface area (TPSA) is 59.2 Å². The van der Waals surface area contributed by atoms with Gasteiger partial charge in [0.1, 0.15) is 0 Å². The molecule has 1 fully saturated rings. The van der Waals surface area contributed by atoms with Crippen LogP contribution in [0.3, 0.4) is 0 Å². The van der Waals surface area contributed by atoms with Gasteiger partial charge in [-0.2, -0.15) is 4.98 Å². The van der Waals surface area contributed by atoms with Crippen LogP contribution in [0, 0.1) is 6.92 Å². The Morgan fingerprint density at radius 3 is 2.43 bits per heavy atom. The normalized spacial score (nSPS) is 17.0. The summed E-state index contributed by atoms with van der Waals surface area (Å²) in [6.07, 6.45) is 1.28. The van der Waals surface area contributed by atoms with Gasteiger partial charge < -0.3 is 9.42 Å². The van der Waals surface area contributed by atoms with Crippen LogP contribution in [0.4, 0.5) is 0 Å². The highest BCUT2D eigenvalue weighted by molar-refractivity contribution is 5.79. The van der Waals surface area contributed by atoms with Crippen LogP contribution in [-0.2, 0) is 16.6 Å². The molecule has 1 atom stereocenters. The van der Waals surface area contributed by atoms with E-state index in [1.165, 1.54) is 16.7 Å². The molecule has 3 aromatic rings. The van der Waals surface area contributed by atoms with Crippen LogP contribution in [0.1, 0.15) is 55.7 Å². The van der Waals surface area contributed by atoms with Crippen LogP contribution in [0.15, 0.2) is 53.1 Å². The third-order valence-corrected chi connectivity index (χ3v) is 5.81. The van der Waals surface area contributed by atoms with E-state index >= 15 is 0 Å². The zero-order valence-electron chi connectivity index (χ0n) is 18.2. The highest BCUT2D eigenvalue weighted by Crippen LogP contribution is 2.30. The number of rotatable bonds is 5. The van der Waals surface area contributed by atoms with E-state index in [9.17, 15) is 4.79 Å². The largest absolute Gasteiger partial charge is 0.342 e. The molecule has 1 aliphatic heterocycles. The molecular weight excluding hydrogens is 374 g/mol. The zero-order chi connectivity index (χ0) is 21.3. The summed E-state index contributed by atoms with van der Waals surface area (Å²) in [5.41, 5.74) is 4.79. The second kappa shape index (κ2) is 8.05. The van der Waals surface area contributed by atoms with E-state index in [2.05, 4.69) is 74.2 Å². The summed E-state index contributed by atoms with van der Waals surface area (Å²) in [5, 5.41) is 4.16. The average Bonchev–Trinajstić information content (AvgIpc) is 3.34. The Labute approximate surface area is 178 Å². The predicted molar refractivity (Wildman–Crippen MR) is 117 cm³/mol. The van der Waals surface area contributed by atoms with E-state index < -0.39 is 0 Å². The summed E-state index contributed by atoms with van der Waals surface area (Å²) in [6, 6.07) is 16.8. The minimum atomic E-state index is -0.0365. The van der Waals surface area contributed by atoms with Gasteiger partial charge >= 0.3 is 0 Å². The Balaban J connectivity index is 1.40. The molecule has 1 unspecified atom stereocenters. The summed E-state index contributed by atoms with van der Waals surface area (Å²) in [5.74, 6) is 1.25. The van der Waals surface area contributed by atoms with Crippen LogP contribution in [0.2, 0.25) is 0 Å². The van der Waals surface area contributed by atoms with Gasteiger partial charge in [0.15, 0.2) is 0 Å². The van der Waals surface area contributed by atoms with Gasteiger partial charge in [0.2, 0.25) is 17.6 Å². The molecule has 1 saturated heterocycles. The predicted octanol–water partition coefficient (Wildman–Crippen LogP) is 4.90. The first-order valence-electron chi connectivity index (χ1n) is 10.6. The number of carbonyl (C=O) groups is 1. The van der Waals surface area contributed by atoms with E-state index in [-0.39, 0.29) is 17.2 Å². The summed E-state index contributed by atoms with van der Waals surface area (Å²) in [4.78, 5) is 19.0. The Hall–Kier alpha value is -2.95. The third-order valence-electron chi connectivity index (χ3n) is 5.81. The first kappa shape index (κ1) is 20.3. The second-order valence-corrected chi connectivity index (χ2v) is 9.26. The first-order valence-corrected chi connectivity index (χ1v) is 10.6. The molecule has 0 N–H and O–H groups in total. The monoisotopic (exact) mass is 403 g/mol. The van der Waals surface area contributed by atoms with E-state index in [0.29, 0.717) is 31.2 Å². The Kier molecular flexibility index (Phi) is 5.46. The fourth-order valence-electron chi connectivity index (χ4n) is 3.81. The van der Waals surface area contributed by atoms with Gasteiger partial charge in [-0.1, -0.05) is 80.0 Å². The molecule has 156 valence electrons. The molecular formula is C25H29N3O2. The van der Waals surface area contributed by atoms with Crippen molar-refractivity contribution in [3.8, 4) is 11.4 Å². The Morgan fingerprint density at radius 1 is 1.07 bits per heavy atom. The van der Waals surface area contributed by atoms with E-state index in [1.807, 2.05) is 17.0 Å². The van der Waals surface area contributed by atoms with Crippen LogP contribution in [-0.4, -0.2) is 34.0 Å². The molecule has 5 nitrogen and oxygen atoms in total. The average molecular weight is 404 g/mol. The quantitative estimate of drug-likeness (QED) is 0.608. The van der Waals surface area contributed by atoms with Crippen molar-refractivity contribution in [2.45, 2.75) is 51.9 Å². The van der Waals surface area contributed by atoms with Crippen molar-refractivity contribution >= 4 is 5.91 Å². The second-order valence-electron chi connectivity index (χ2n) is 9.26. The molecule has 0 spiro atoms. The number of likely N-dealkylation sites (tertiary alicyclic amines) is 1. The summed E-state index contributed by atoms with van der Waals surface area (Å²) >= 11 is 0. The number of benzene rings is 2. The molecule has 0 aliphatic carbocycles. The van der Waals surface area contributed by atoms with Crippen molar-refractivity contribution in [1.29, 1.82) is 0 Å². The minimum absolute atomic E-state index is 0.0365. The van der Waals surface area contributed by atoms with Gasteiger partial charge in [-0.05, 0) is 29.9 Å². The molecule has 2 aromatic carbocycles. The van der Waals surface area contributed by atoms with Gasteiger partial charge in [0.25, 0.3) is 0 Å². The maximum absolute atomic E-state index is 12.5. The summed E-state index contributed by atoms with van der Waals surface area (Å²) in [6.45, 7) is 10.0. The first-order chi connectivity index (χ1) is 14.3. The molecule has 0 saturated carbocycles. The standard InChI is InChI=1S/C25H29N3O2/c1-17-5-7-18(8-6-17)13-14-28-16-20(15-22(28)29)24-26-23(27-30-24)19-9-11-21(12-10-19)25(2,3)4/h5-12,20H,13-16H2,1-4H3. The van der Waals surface area contributed by atoms with Crippen molar-refractivity contribution in [2.24, 2.45) is 0 Å². The zero-order valence-corrected chi connectivity index (χ0v) is 18.2. The lowest BCUT2D eigenvalue weighted by Gasteiger charge is -2.18. The van der Waals surface area contributed by atoms with Crippen molar-refractivity contribution in [2.75, 3.05) is 13.1 Å². The van der Waals surface area contributed by atoms with E-state index in [0.717, 1.165) is 12.0 Å². The van der Waals surface area contributed by atoms with Gasteiger partial charge in [-0.3, -0.25) is 4.79 Å². The Morgan fingerprint density at radius 2 is 1.77 bits per heavy atom. The highest BCUT2D eigenvalue weighted by atomic mass is 16.5. The fourth-order valence-corrected chi connectivity index (χ4v) is 3.81. The molecule has 4 rings (SSSR count). The number of carbonyl (C=O) groups excluding carboxylic acids is 1.